The lowest BCUT2D eigenvalue weighted by molar-refractivity contribution is -0.0180. The largest absolute Gasteiger partial charge is 0.387 e. The highest BCUT2D eigenvalue weighted by Gasteiger charge is 2.27. The van der Waals surface area contributed by atoms with E-state index in [4.69, 9.17) is 9.73 Å². The van der Waals surface area contributed by atoms with Gasteiger partial charge in [-0.3, -0.25) is 14.8 Å². The molecule has 0 aromatic rings. The van der Waals surface area contributed by atoms with Crippen LogP contribution in [0.1, 0.15) is 47.5 Å². The Balaban J connectivity index is 1.89. The SMILES string of the molecule is CCNC(=NCC(C)(O)CN1CCOCC1)NCC(C(C)C)N1CCC(C)CC1. The van der Waals surface area contributed by atoms with Crippen molar-refractivity contribution in [3.05, 3.63) is 0 Å². The van der Waals surface area contributed by atoms with E-state index in [1.54, 1.807) is 0 Å². The van der Waals surface area contributed by atoms with Crippen LogP contribution in [-0.2, 0) is 4.74 Å². The molecule has 7 nitrogen and oxygen atoms in total. The Morgan fingerprint density at radius 3 is 2.41 bits per heavy atom. The molecule has 0 aliphatic carbocycles. The zero-order valence-corrected chi connectivity index (χ0v) is 19.4. The summed E-state index contributed by atoms with van der Waals surface area (Å²) in [6.45, 7) is 19.2. The second-order valence-corrected chi connectivity index (χ2v) is 9.49. The molecule has 7 heteroatoms. The molecule has 2 unspecified atom stereocenters. The van der Waals surface area contributed by atoms with E-state index in [1.165, 1.54) is 25.9 Å². The van der Waals surface area contributed by atoms with Crippen LogP contribution in [0, 0.1) is 11.8 Å². The van der Waals surface area contributed by atoms with Gasteiger partial charge in [-0.2, -0.15) is 0 Å². The van der Waals surface area contributed by atoms with Gasteiger partial charge in [-0.1, -0.05) is 20.8 Å². The standard InChI is InChI=1S/C22H45N5O2/c1-6-23-21(25-16-22(5,28)17-26-11-13-29-14-12-26)24-15-20(18(2)3)27-9-7-19(4)8-10-27/h18-20,28H,6-17H2,1-5H3,(H2,23,24,25). The first-order chi connectivity index (χ1) is 13.8. The molecule has 0 saturated carbocycles. The summed E-state index contributed by atoms with van der Waals surface area (Å²) in [5.41, 5.74) is -0.847. The highest BCUT2D eigenvalue weighted by Crippen LogP contribution is 2.21. The van der Waals surface area contributed by atoms with Crippen molar-refractivity contribution < 1.29 is 9.84 Å². The molecule has 0 radical (unpaired) electrons. The van der Waals surface area contributed by atoms with E-state index in [1.807, 2.05) is 6.92 Å². The van der Waals surface area contributed by atoms with Crippen molar-refractivity contribution in [3.63, 3.8) is 0 Å². The number of nitrogens with zero attached hydrogens (tertiary/aromatic N) is 3. The van der Waals surface area contributed by atoms with Gasteiger partial charge in [0.15, 0.2) is 5.96 Å². The fourth-order valence-electron chi connectivity index (χ4n) is 4.23. The second-order valence-electron chi connectivity index (χ2n) is 9.49. The Kier molecular flexibility index (Phi) is 10.2. The predicted molar refractivity (Wildman–Crippen MR) is 120 cm³/mol. The minimum Gasteiger partial charge on any atom is -0.387 e. The van der Waals surface area contributed by atoms with Gasteiger partial charge in [0.2, 0.25) is 0 Å². The Hall–Kier alpha value is -0.890. The first-order valence-corrected chi connectivity index (χ1v) is 11.6. The molecule has 0 bridgehead atoms. The molecule has 29 heavy (non-hydrogen) atoms. The lowest BCUT2D eigenvalue weighted by atomic mass is 9.94. The summed E-state index contributed by atoms with van der Waals surface area (Å²) in [4.78, 5) is 9.60. The molecular formula is C22H45N5O2. The number of rotatable bonds is 9. The van der Waals surface area contributed by atoms with Gasteiger partial charge in [0.05, 0.1) is 25.4 Å². The van der Waals surface area contributed by atoms with Gasteiger partial charge in [0.25, 0.3) is 0 Å². The number of β-amino-alcohol motifs (C(OH)–C–C–N with tert-alkyl or cyclic N) is 1. The number of aliphatic hydroxyl groups is 1. The predicted octanol–water partition coefficient (Wildman–Crippen LogP) is 1.38. The van der Waals surface area contributed by atoms with Crippen molar-refractivity contribution in [2.24, 2.45) is 16.8 Å². The number of hydrogen-bond acceptors (Lipinski definition) is 5. The molecule has 2 heterocycles. The molecule has 2 aliphatic rings. The topological polar surface area (TPSA) is 72.4 Å². The molecule has 0 spiro atoms. The van der Waals surface area contributed by atoms with Crippen molar-refractivity contribution in [1.82, 2.24) is 20.4 Å². The highest BCUT2D eigenvalue weighted by molar-refractivity contribution is 5.79. The molecule has 2 fully saturated rings. The molecular weight excluding hydrogens is 366 g/mol. The maximum absolute atomic E-state index is 10.8. The van der Waals surface area contributed by atoms with E-state index < -0.39 is 5.60 Å². The summed E-state index contributed by atoms with van der Waals surface area (Å²) in [6.07, 6.45) is 2.59. The van der Waals surface area contributed by atoms with Gasteiger partial charge in [-0.15, -0.1) is 0 Å². The van der Waals surface area contributed by atoms with E-state index >= 15 is 0 Å². The summed E-state index contributed by atoms with van der Waals surface area (Å²) in [5, 5.41) is 17.7. The maximum atomic E-state index is 10.8. The van der Waals surface area contributed by atoms with Crippen molar-refractivity contribution in [3.8, 4) is 0 Å². The van der Waals surface area contributed by atoms with E-state index in [9.17, 15) is 5.11 Å². The smallest absolute Gasteiger partial charge is 0.191 e. The van der Waals surface area contributed by atoms with Gasteiger partial charge < -0.3 is 20.5 Å². The maximum Gasteiger partial charge on any atom is 0.191 e. The van der Waals surface area contributed by atoms with Crippen molar-refractivity contribution in [2.45, 2.75) is 59.1 Å². The number of guanidine groups is 1. The van der Waals surface area contributed by atoms with Gasteiger partial charge in [0.1, 0.15) is 0 Å². The Labute approximate surface area is 178 Å². The van der Waals surface area contributed by atoms with Crippen LogP contribution < -0.4 is 10.6 Å². The van der Waals surface area contributed by atoms with Crippen LogP contribution in [0.15, 0.2) is 4.99 Å². The van der Waals surface area contributed by atoms with Crippen molar-refractivity contribution >= 4 is 5.96 Å². The Bertz CT molecular complexity index is 484. The number of ether oxygens (including phenoxy) is 1. The van der Waals surface area contributed by atoms with Crippen LogP contribution >= 0.6 is 0 Å². The normalized spacial score (nSPS) is 23.8. The van der Waals surface area contributed by atoms with Crippen LogP contribution in [0.4, 0.5) is 0 Å². The highest BCUT2D eigenvalue weighted by atomic mass is 16.5. The monoisotopic (exact) mass is 411 g/mol. The van der Waals surface area contributed by atoms with Crippen LogP contribution in [-0.4, -0.2) is 98.1 Å². The lowest BCUT2D eigenvalue weighted by Crippen LogP contribution is -2.52. The van der Waals surface area contributed by atoms with Crippen LogP contribution in [0.3, 0.4) is 0 Å². The zero-order chi connectivity index (χ0) is 21.3. The minimum absolute atomic E-state index is 0.382. The minimum atomic E-state index is -0.847. The molecule has 2 rings (SSSR count). The lowest BCUT2D eigenvalue weighted by Gasteiger charge is -2.39. The average molecular weight is 412 g/mol. The molecule has 0 aromatic carbocycles. The number of piperidine rings is 1. The third kappa shape index (κ3) is 8.79. The van der Waals surface area contributed by atoms with Crippen LogP contribution in [0.2, 0.25) is 0 Å². The Morgan fingerprint density at radius 1 is 1.17 bits per heavy atom. The molecule has 2 saturated heterocycles. The first kappa shape index (κ1) is 24.4. The molecule has 3 N–H and O–H groups in total. The third-order valence-corrected chi connectivity index (χ3v) is 6.13. The molecule has 0 aromatic heterocycles. The van der Waals surface area contributed by atoms with E-state index in [0.29, 0.717) is 25.0 Å². The van der Waals surface area contributed by atoms with Gasteiger partial charge >= 0.3 is 0 Å². The zero-order valence-electron chi connectivity index (χ0n) is 19.4. The summed E-state index contributed by atoms with van der Waals surface area (Å²) < 4.78 is 5.40. The van der Waals surface area contributed by atoms with E-state index in [2.05, 4.69) is 48.1 Å². The summed E-state index contributed by atoms with van der Waals surface area (Å²) in [7, 11) is 0. The summed E-state index contributed by atoms with van der Waals surface area (Å²) >= 11 is 0. The molecule has 2 atom stereocenters. The quantitative estimate of drug-likeness (QED) is 0.393. The Morgan fingerprint density at radius 2 is 1.83 bits per heavy atom. The van der Waals surface area contributed by atoms with Crippen molar-refractivity contribution in [1.29, 1.82) is 0 Å². The van der Waals surface area contributed by atoms with E-state index in [0.717, 1.165) is 51.3 Å². The average Bonchev–Trinajstić information content (AvgIpc) is 2.68. The van der Waals surface area contributed by atoms with Gasteiger partial charge in [0, 0.05) is 38.8 Å². The summed E-state index contributed by atoms with van der Waals surface area (Å²) in [5.74, 6) is 2.23. The van der Waals surface area contributed by atoms with Gasteiger partial charge in [-0.25, -0.2) is 0 Å². The van der Waals surface area contributed by atoms with Crippen molar-refractivity contribution in [2.75, 3.05) is 65.6 Å². The number of morpholine rings is 1. The van der Waals surface area contributed by atoms with Crippen LogP contribution in [0.5, 0.6) is 0 Å². The number of likely N-dealkylation sites (tertiary alicyclic amines) is 1. The van der Waals surface area contributed by atoms with E-state index in [-0.39, 0.29) is 0 Å². The van der Waals surface area contributed by atoms with Crippen LogP contribution in [0.25, 0.3) is 0 Å². The molecule has 0 amide bonds. The molecule has 2 aliphatic heterocycles. The molecule has 170 valence electrons. The number of hydrogen-bond donors (Lipinski definition) is 3. The fourth-order valence-corrected chi connectivity index (χ4v) is 4.23. The summed E-state index contributed by atoms with van der Waals surface area (Å²) in [6, 6.07) is 0.500. The second kappa shape index (κ2) is 12.1. The number of nitrogens with one attached hydrogen (secondary N) is 2. The number of aliphatic imine (C=N–C) groups is 1. The third-order valence-electron chi connectivity index (χ3n) is 6.13. The van der Waals surface area contributed by atoms with Gasteiger partial charge in [-0.05, 0) is 51.6 Å². The fraction of sp³-hybridized carbons (Fsp3) is 0.955. The first-order valence-electron chi connectivity index (χ1n) is 11.6.